The van der Waals surface area contributed by atoms with E-state index in [-0.39, 0.29) is 17.7 Å². The van der Waals surface area contributed by atoms with Crippen LogP contribution in [0.3, 0.4) is 0 Å². The van der Waals surface area contributed by atoms with Crippen molar-refractivity contribution in [2.75, 3.05) is 32.7 Å². The molecule has 3 amide bonds. The van der Waals surface area contributed by atoms with E-state index < -0.39 is 0 Å². The van der Waals surface area contributed by atoms with Crippen molar-refractivity contribution in [2.24, 2.45) is 11.8 Å². The molecule has 0 aromatic rings. The third-order valence-corrected chi connectivity index (χ3v) is 7.13. The van der Waals surface area contributed by atoms with Gasteiger partial charge in [0.1, 0.15) is 0 Å². The number of amides is 3. The molecule has 6 nitrogen and oxygen atoms in total. The Morgan fingerprint density at radius 2 is 1.59 bits per heavy atom. The highest BCUT2D eigenvalue weighted by molar-refractivity contribution is 5.84. The molecule has 0 aromatic heterocycles. The number of hydrogen-bond acceptors (Lipinski definition) is 3. The summed E-state index contributed by atoms with van der Waals surface area (Å²) in [5, 5.41) is 0. The summed E-state index contributed by atoms with van der Waals surface area (Å²) in [5.74, 6) is 1.31. The first-order chi connectivity index (χ1) is 13.1. The summed E-state index contributed by atoms with van der Waals surface area (Å²) in [6, 6.07) is 0.372. The first-order valence-corrected chi connectivity index (χ1v) is 11.0. The molecule has 27 heavy (non-hydrogen) atoms. The van der Waals surface area contributed by atoms with Crippen molar-refractivity contribution in [3.8, 4) is 0 Å². The van der Waals surface area contributed by atoms with Crippen LogP contribution in [-0.2, 0) is 14.4 Å². The average molecular weight is 376 g/mol. The predicted molar refractivity (Wildman–Crippen MR) is 102 cm³/mol. The predicted octanol–water partition coefficient (Wildman–Crippen LogP) is 2.03. The highest BCUT2D eigenvalue weighted by Gasteiger charge is 2.37. The second-order valence-electron chi connectivity index (χ2n) is 8.93. The van der Waals surface area contributed by atoms with Crippen LogP contribution in [0.15, 0.2) is 0 Å². The van der Waals surface area contributed by atoms with Gasteiger partial charge in [-0.15, -0.1) is 0 Å². The fourth-order valence-electron chi connectivity index (χ4n) is 5.44. The SMILES string of the molecule is O=C1CCCN1CC1CCN(C(=O)C2CCC(=O)N(C3CCCC3)C2)CC1. The highest BCUT2D eigenvalue weighted by atomic mass is 16.2. The summed E-state index contributed by atoms with van der Waals surface area (Å²) in [5.41, 5.74) is 0. The largest absolute Gasteiger partial charge is 0.342 e. The van der Waals surface area contributed by atoms with Crippen LogP contribution in [0.5, 0.6) is 0 Å². The maximum atomic E-state index is 13.0. The number of carbonyl (C=O) groups is 3. The third kappa shape index (κ3) is 4.14. The third-order valence-electron chi connectivity index (χ3n) is 7.13. The Balaban J connectivity index is 1.27. The molecule has 3 saturated heterocycles. The summed E-state index contributed by atoms with van der Waals surface area (Å²) in [4.78, 5) is 43.2. The molecule has 1 aliphatic carbocycles. The smallest absolute Gasteiger partial charge is 0.227 e. The van der Waals surface area contributed by atoms with Crippen LogP contribution in [-0.4, -0.2) is 71.2 Å². The zero-order chi connectivity index (χ0) is 18.8. The van der Waals surface area contributed by atoms with Gasteiger partial charge in [0, 0.05) is 51.6 Å². The molecule has 3 aliphatic heterocycles. The van der Waals surface area contributed by atoms with Gasteiger partial charge in [0.05, 0.1) is 5.92 Å². The van der Waals surface area contributed by atoms with E-state index in [4.69, 9.17) is 0 Å². The van der Waals surface area contributed by atoms with Crippen LogP contribution in [0.4, 0.5) is 0 Å². The van der Waals surface area contributed by atoms with Crippen LogP contribution >= 0.6 is 0 Å². The second-order valence-corrected chi connectivity index (χ2v) is 8.93. The zero-order valence-corrected chi connectivity index (χ0v) is 16.4. The molecule has 1 atom stereocenters. The van der Waals surface area contributed by atoms with Gasteiger partial charge in [0.2, 0.25) is 17.7 Å². The molecule has 0 radical (unpaired) electrons. The lowest BCUT2D eigenvalue weighted by Gasteiger charge is -2.40. The van der Waals surface area contributed by atoms with Gasteiger partial charge in [-0.2, -0.15) is 0 Å². The lowest BCUT2D eigenvalue weighted by molar-refractivity contribution is -0.146. The van der Waals surface area contributed by atoms with Crippen LogP contribution in [0.25, 0.3) is 0 Å². The maximum Gasteiger partial charge on any atom is 0.227 e. The van der Waals surface area contributed by atoms with Gasteiger partial charge in [-0.3, -0.25) is 14.4 Å². The van der Waals surface area contributed by atoms with Crippen molar-refractivity contribution in [2.45, 2.75) is 70.3 Å². The zero-order valence-electron chi connectivity index (χ0n) is 16.4. The Morgan fingerprint density at radius 3 is 2.26 bits per heavy atom. The summed E-state index contributed by atoms with van der Waals surface area (Å²) in [7, 11) is 0. The van der Waals surface area contributed by atoms with Crippen molar-refractivity contribution in [3.63, 3.8) is 0 Å². The van der Waals surface area contributed by atoms with Crippen molar-refractivity contribution in [1.29, 1.82) is 0 Å². The van der Waals surface area contributed by atoms with Crippen LogP contribution in [0.2, 0.25) is 0 Å². The normalized spacial score (nSPS) is 28.4. The molecule has 6 heteroatoms. The fourth-order valence-corrected chi connectivity index (χ4v) is 5.44. The molecular formula is C21H33N3O3. The molecular weight excluding hydrogens is 342 g/mol. The molecule has 3 heterocycles. The standard InChI is InChI=1S/C21H33N3O3/c25-19-6-3-11-23(19)14-16-9-12-22(13-10-16)21(27)17-7-8-20(26)24(15-17)18-4-1-2-5-18/h16-18H,1-15H2. The molecule has 1 saturated carbocycles. The Morgan fingerprint density at radius 1 is 0.852 bits per heavy atom. The molecule has 4 rings (SSSR count). The summed E-state index contributed by atoms with van der Waals surface area (Å²) in [6.07, 6.45) is 9.55. The van der Waals surface area contributed by atoms with Crippen molar-refractivity contribution >= 4 is 17.7 Å². The van der Waals surface area contributed by atoms with E-state index in [1.807, 2.05) is 14.7 Å². The number of nitrogens with zero attached hydrogens (tertiary/aromatic N) is 3. The minimum atomic E-state index is -0.0139. The topological polar surface area (TPSA) is 60.9 Å². The lowest BCUT2D eigenvalue weighted by atomic mass is 9.91. The summed E-state index contributed by atoms with van der Waals surface area (Å²) < 4.78 is 0. The number of hydrogen-bond donors (Lipinski definition) is 0. The number of rotatable bonds is 4. The molecule has 150 valence electrons. The van der Waals surface area contributed by atoms with Gasteiger partial charge in [0.25, 0.3) is 0 Å². The Labute approximate surface area is 162 Å². The van der Waals surface area contributed by atoms with Crippen molar-refractivity contribution < 1.29 is 14.4 Å². The van der Waals surface area contributed by atoms with Gasteiger partial charge in [-0.25, -0.2) is 0 Å². The van der Waals surface area contributed by atoms with Gasteiger partial charge < -0.3 is 14.7 Å². The molecule has 4 aliphatic rings. The van der Waals surface area contributed by atoms with E-state index in [2.05, 4.69) is 0 Å². The van der Waals surface area contributed by atoms with Crippen LogP contribution in [0.1, 0.15) is 64.2 Å². The first kappa shape index (κ1) is 18.8. The molecule has 0 bridgehead atoms. The van der Waals surface area contributed by atoms with E-state index in [0.717, 1.165) is 58.3 Å². The Hall–Kier alpha value is -1.59. The van der Waals surface area contributed by atoms with E-state index >= 15 is 0 Å². The van der Waals surface area contributed by atoms with Gasteiger partial charge in [-0.1, -0.05) is 12.8 Å². The number of piperidine rings is 2. The maximum absolute atomic E-state index is 13.0. The molecule has 4 fully saturated rings. The van der Waals surface area contributed by atoms with E-state index in [1.54, 1.807) is 0 Å². The minimum absolute atomic E-state index is 0.0139. The van der Waals surface area contributed by atoms with Crippen LogP contribution < -0.4 is 0 Å². The number of likely N-dealkylation sites (tertiary alicyclic amines) is 3. The quantitative estimate of drug-likeness (QED) is 0.755. The molecule has 0 N–H and O–H groups in total. The highest BCUT2D eigenvalue weighted by Crippen LogP contribution is 2.30. The molecule has 1 unspecified atom stereocenters. The van der Waals surface area contributed by atoms with E-state index in [0.29, 0.717) is 43.7 Å². The number of carbonyl (C=O) groups excluding carboxylic acids is 3. The summed E-state index contributed by atoms with van der Waals surface area (Å²) >= 11 is 0. The monoisotopic (exact) mass is 375 g/mol. The lowest BCUT2D eigenvalue weighted by Crippen LogP contribution is -2.51. The Bertz CT molecular complexity index is 579. The summed E-state index contributed by atoms with van der Waals surface area (Å²) in [6.45, 7) is 4.02. The van der Waals surface area contributed by atoms with Crippen molar-refractivity contribution in [1.82, 2.24) is 14.7 Å². The minimum Gasteiger partial charge on any atom is -0.342 e. The van der Waals surface area contributed by atoms with E-state index in [9.17, 15) is 14.4 Å². The van der Waals surface area contributed by atoms with Crippen LogP contribution in [0, 0.1) is 11.8 Å². The van der Waals surface area contributed by atoms with Gasteiger partial charge in [0.15, 0.2) is 0 Å². The Kier molecular flexibility index (Phi) is 5.69. The first-order valence-electron chi connectivity index (χ1n) is 11.0. The molecule has 0 spiro atoms. The average Bonchev–Trinajstić information content (AvgIpc) is 3.35. The van der Waals surface area contributed by atoms with Gasteiger partial charge in [-0.05, 0) is 44.4 Å². The fraction of sp³-hybridized carbons (Fsp3) is 0.857. The van der Waals surface area contributed by atoms with E-state index in [1.165, 1.54) is 12.8 Å². The molecule has 0 aromatic carbocycles. The van der Waals surface area contributed by atoms with Gasteiger partial charge >= 0.3 is 0 Å². The van der Waals surface area contributed by atoms with Crippen molar-refractivity contribution in [3.05, 3.63) is 0 Å². The second kappa shape index (κ2) is 8.19.